The Morgan fingerprint density at radius 1 is 1.33 bits per heavy atom. The smallest absolute Gasteiger partial charge is 0.119 e. The SMILES string of the molecule is CCCCn1c(CS)nc2cc(C(C)C)ccc21. The molecule has 0 aliphatic heterocycles. The lowest BCUT2D eigenvalue weighted by Crippen LogP contribution is -2.02. The van der Waals surface area contributed by atoms with Gasteiger partial charge in [0.1, 0.15) is 5.82 Å². The van der Waals surface area contributed by atoms with Gasteiger partial charge in [-0.2, -0.15) is 12.6 Å². The highest BCUT2D eigenvalue weighted by atomic mass is 32.1. The number of imidazole rings is 1. The molecule has 2 nitrogen and oxygen atoms in total. The Labute approximate surface area is 115 Å². The van der Waals surface area contributed by atoms with E-state index in [1.807, 2.05) is 0 Å². The molecule has 1 heterocycles. The number of aryl methyl sites for hydroxylation is 1. The Balaban J connectivity index is 2.48. The van der Waals surface area contributed by atoms with Gasteiger partial charge in [0.05, 0.1) is 11.0 Å². The monoisotopic (exact) mass is 262 g/mol. The van der Waals surface area contributed by atoms with Gasteiger partial charge in [-0.05, 0) is 30.0 Å². The largest absolute Gasteiger partial charge is 0.327 e. The normalized spacial score (nSPS) is 11.6. The van der Waals surface area contributed by atoms with Crippen molar-refractivity contribution < 1.29 is 0 Å². The number of benzene rings is 1. The first-order chi connectivity index (χ1) is 8.67. The zero-order valence-electron chi connectivity index (χ0n) is 11.5. The average molecular weight is 262 g/mol. The van der Waals surface area contributed by atoms with Crippen LogP contribution in [0.4, 0.5) is 0 Å². The summed E-state index contributed by atoms with van der Waals surface area (Å²) in [5, 5.41) is 0. The third kappa shape index (κ3) is 2.56. The number of hydrogen-bond donors (Lipinski definition) is 1. The molecule has 1 aromatic heterocycles. The molecular weight excluding hydrogens is 240 g/mol. The summed E-state index contributed by atoms with van der Waals surface area (Å²) in [4.78, 5) is 4.71. The fraction of sp³-hybridized carbons (Fsp3) is 0.533. The third-order valence-corrected chi connectivity index (χ3v) is 3.68. The minimum absolute atomic E-state index is 0.551. The minimum atomic E-state index is 0.551. The number of hydrogen-bond acceptors (Lipinski definition) is 2. The highest BCUT2D eigenvalue weighted by molar-refractivity contribution is 7.79. The van der Waals surface area contributed by atoms with E-state index < -0.39 is 0 Å². The molecule has 0 atom stereocenters. The average Bonchev–Trinajstić information content (AvgIpc) is 2.72. The molecule has 0 N–H and O–H groups in total. The summed E-state index contributed by atoms with van der Waals surface area (Å²) in [6, 6.07) is 6.65. The van der Waals surface area contributed by atoms with Crippen molar-refractivity contribution in [2.75, 3.05) is 0 Å². The lowest BCUT2D eigenvalue weighted by atomic mass is 10.0. The molecule has 0 aliphatic rings. The fourth-order valence-corrected chi connectivity index (χ4v) is 2.48. The second-order valence-electron chi connectivity index (χ2n) is 5.09. The molecule has 0 fully saturated rings. The molecule has 0 saturated carbocycles. The van der Waals surface area contributed by atoms with Crippen LogP contribution in [0.25, 0.3) is 11.0 Å². The molecule has 0 saturated heterocycles. The molecule has 0 aliphatic carbocycles. The first kappa shape index (κ1) is 13.5. The Morgan fingerprint density at radius 3 is 2.72 bits per heavy atom. The van der Waals surface area contributed by atoms with Crippen molar-refractivity contribution in [3.63, 3.8) is 0 Å². The lowest BCUT2D eigenvalue weighted by molar-refractivity contribution is 0.629. The van der Waals surface area contributed by atoms with Crippen LogP contribution in [0.3, 0.4) is 0 Å². The zero-order valence-corrected chi connectivity index (χ0v) is 12.4. The fourth-order valence-electron chi connectivity index (χ4n) is 2.24. The summed E-state index contributed by atoms with van der Waals surface area (Å²) in [6.45, 7) is 7.70. The lowest BCUT2D eigenvalue weighted by Gasteiger charge is -2.08. The van der Waals surface area contributed by atoms with Gasteiger partial charge in [-0.3, -0.25) is 0 Å². The topological polar surface area (TPSA) is 17.8 Å². The highest BCUT2D eigenvalue weighted by Gasteiger charge is 2.10. The predicted octanol–water partition coefficient (Wildman–Crippen LogP) is 4.39. The van der Waals surface area contributed by atoms with Crippen LogP contribution in [0.1, 0.15) is 50.9 Å². The summed E-state index contributed by atoms with van der Waals surface area (Å²) in [6.07, 6.45) is 2.40. The standard InChI is InChI=1S/C15H22N2S/c1-4-5-8-17-14-7-6-12(11(2)3)9-13(14)16-15(17)10-18/h6-7,9,11,18H,4-5,8,10H2,1-3H3. The summed E-state index contributed by atoms with van der Waals surface area (Å²) < 4.78 is 2.32. The molecule has 0 spiro atoms. The molecule has 2 aromatic rings. The van der Waals surface area contributed by atoms with E-state index >= 15 is 0 Å². The second-order valence-corrected chi connectivity index (χ2v) is 5.41. The molecule has 3 heteroatoms. The first-order valence-corrected chi connectivity index (χ1v) is 7.40. The molecule has 0 amide bonds. The van der Waals surface area contributed by atoms with Crippen molar-refractivity contribution in [2.24, 2.45) is 0 Å². The maximum absolute atomic E-state index is 4.71. The van der Waals surface area contributed by atoms with E-state index in [1.165, 1.54) is 23.9 Å². The second kappa shape index (κ2) is 5.79. The van der Waals surface area contributed by atoms with Crippen molar-refractivity contribution in [1.29, 1.82) is 0 Å². The number of thiol groups is 1. The minimum Gasteiger partial charge on any atom is -0.327 e. The summed E-state index contributed by atoms with van der Waals surface area (Å²) in [7, 11) is 0. The number of fused-ring (bicyclic) bond motifs is 1. The molecular formula is C15H22N2S. The number of aromatic nitrogens is 2. The summed E-state index contributed by atoms with van der Waals surface area (Å²) in [5.41, 5.74) is 3.71. The van der Waals surface area contributed by atoms with Crippen molar-refractivity contribution in [1.82, 2.24) is 9.55 Å². The van der Waals surface area contributed by atoms with Gasteiger partial charge in [-0.25, -0.2) is 4.98 Å². The van der Waals surface area contributed by atoms with Crippen molar-refractivity contribution in [2.45, 2.75) is 51.8 Å². The molecule has 0 unspecified atom stereocenters. The van der Waals surface area contributed by atoms with Crippen molar-refractivity contribution in [3.05, 3.63) is 29.6 Å². The molecule has 18 heavy (non-hydrogen) atoms. The highest BCUT2D eigenvalue weighted by Crippen LogP contribution is 2.23. The Morgan fingerprint density at radius 2 is 2.11 bits per heavy atom. The quantitative estimate of drug-likeness (QED) is 0.791. The van der Waals surface area contributed by atoms with Crippen LogP contribution in [0, 0.1) is 0 Å². The number of nitrogens with zero attached hydrogens (tertiary/aromatic N) is 2. The predicted molar refractivity (Wildman–Crippen MR) is 81.4 cm³/mol. The van der Waals surface area contributed by atoms with Crippen LogP contribution in [-0.4, -0.2) is 9.55 Å². The van der Waals surface area contributed by atoms with Crippen LogP contribution in [0.2, 0.25) is 0 Å². The molecule has 0 radical (unpaired) electrons. The van der Waals surface area contributed by atoms with Crippen molar-refractivity contribution in [3.8, 4) is 0 Å². The van der Waals surface area contributed by atoms with Gasteiger partial charge in [-0.15, -0.1) is 0 Å². The molecule has 0 bridgehead atoms. The van der Waals surface area contributed by atoms with Crippen LogP contribution in [0.15, 0.2) is 18.2 Å². The van der Waals surface area contributed by atoms with E-state index in [-0.39, 0.29) is 0 Å². The third-order valence-electron chi connectivity index (χ3n) is 3.39. The number of unbranched alkanes of at least 4 members (excludes halogenated alkanes) is 1. The van der Waals surface area contributed by atoms with Gasteiger partial charge in [0.2, 0.25) is 0 Å². The van der Waals surface area contributed by atoms with Crippen LogP contribution in [-0.2, 0) is 12.3 Å². The van der Waals surface area contributed by atoms with Gasteiger partial charge >= 0.3 is 0 Å². The van der Waals surface area contributed by atoms with Gasteiger partial charge in [0.25, 0.3) is 0 Å². The van der Waals surface area contributed by atoms with E-state index in [0.29, 0.717) is 11.7 Å². The molecule has 2 rings (SSSR count). The number of rotatable bonds is 5. The van der Waals surface area contributed by atoms with Gasteiger partial charge in [0.15, 0.2) is 0 Å². The first-order valence-electron chi connectivity index (χ1n) is 6.77. The van der Waals surface area contributed by atoms with E-state index in [4.69, 9.17) is 4.98 Å². The maximum atomic E-state index is 4.71. The Bertz CT molecular complexity index is 529. The van der Waals surface area contributed by atoms with Crippen LogP contribution >= 0.6 is 12.6 Å². The van der Waals surface area contributed by atoms with E-state index in [0.717, 1.165) is 17.9 Å². The van der Waals surface area contributed by atoms with E-state index in [2.05, 4.69) is 56.2 Å². The Hall–Kier alpha value is -0.960. The molecule has 98 valence electrons. The van der Waals surface area contributed by atoms with Crippen LogP contribution < -0.4 is 0 Å². The van der Waals surface area contributed by atoms with Gasteiger partial charge in [0, 0.05) is 12.3 Å². The van der Waals surface area contributed by atoms with E-state index in [9.17, 15) is 0 Å². The van der Waals surface area contributed by atoms with Gasteiger partial charge in [-0.1, -0.05) is 33.3 Å². The molecule has 1 aromatic carbocycles. The Kier molecular flexibility index (Phi) is 4.33. The van der Waals surface area contributed by atoms with Crippen molar-refractivity contribution >= 4 is 23.7 Å². The maximum Gasteiger partial charge on any atom is 0.119 e. The summed E-state index contributed by atoms with van der Waals surface area (Å²) >= 11 is 4.40. The zero-order chi connectivity index (χ0) is 13.1. The van der Waals surface area contributed by atoms with Gasteiger partial charge < -0.3 is 4.57 Å². The summed E-state index contributed by atoms with van der Waals surface area (Å²) in [5.74, 6) is 2.34. The van der Waals surface area contributed by atoms with Crippen LogP contribution in [0.5, 0.6) is 0 Å². The van der Waals surface area contributed by atoms with E-state index in [1.54, 1.807) is 0 Å².